The third-order valence-corrected chi connectivity index (χ3v) is 5.35. The van der Waals surface area contributed by atoms with Gasteiger partial charge >= 0.3 is 0 Å². The van der Waals surface area contributed by atoms with Gasteiger partial charge in [0.25, 0.3) is 5.69 Å². The molecule has 0 radical (unpaired) electrons. The number of aryl methyl sites for hydroxylation is 1. The van der Waals surface area contributed by atoms with E-state index < -0.39 is 0 Å². The number of quaternary nitrogens is 1. The number of nitro groups is 1. The lowest BCUT2D eigenvalue weighted by Crippen LogP contribution is -3.14. The quantitative estimate of drug-likeness (QED) is 0.673. The molecule has 1 fully saturated rings. The van der Waals surface area contributed by atoms with Crippen LogP contribution in [0.25, 0.3) is 0 Å². The van der Waals surface area contributed by atoms with Crippen molar-refractivity contribution in [3.63, 3.8) is 0 Å². The van der Waals surface area contributed by atoms with Crippen molar-refractivity contribution in [3.05, 3.63) is 68.7 Å². The Morgan fingerprint density at radius 2 is 1.92 bits per heavy atom. The summed E-state index contributed by atoms with van der Waals surface area (Å²) in [4.78, 5) is 14.5. The number of nitrogens with zero attached hydrogens (tertiary/aromatic N) is 2. The molecule has 0 saturated carbocycles. The van der Waals surface area contributed by atoms with Gasteiger partial charge in [0.2, 0.25) is 0 Å². The first kappa shape index (κ1) is 17.7. The Morgan fingerprint density at radius 3 is 2.60 bits per heavy atom. The smallest absolute Gasteiger partial charge is 0.269 e. The number of halogens is 1. The summed E-state index contributed by atoms with van der Waals surface area (Å²) < 4.78 is 0. The van der Waals surface area contributed by atoms with Crippen LogP contribution in [0.2, 0.25) is 5.02 Å². The summed E-state index contributed by atoms with van der Waals surface area (Å²) >= 11 is 6.15. The molecule has 0 spiro atoms. The molecule has 6 heteroatoms. The first-order valence-electron chi connectivity index (χ1n) is 8.56. The standard InChI is InChI=1S/C19H22ClN3O2/c1-14-6-7-17(20)13-19(14)22-10-8-21(9-11-22)15(2)16-4-3-5-18(12-16)23(24)25/h3-7,12-13,15H,8-11H2,1-2H3/p+1/t15-/m0/s1. The van der Waals surface area contributed by atoms with E-state index in [4.69, 9.17) is 11.6 Å². The fourth-order valence-electron chi connectivity index (χ4n) is 3.53. The maximum atomic E-state index is 11.0. The lowest BCUT2D eigenvalue weighted by atomic mass is 10.0. The van der Waals surface area contributed by atoms with Crippen LogP contribution < -0.4 is 9.80 Å². The van der Waals surface area contributed by atoms with Crippen LogP contribution in [0, 0.1) is 17.0 Å². The zero-order chi connectivity index (χ0) is 18.0. The Balaban J connectivity index is 1.68. The highest BCUT2D eigenvalue weighted by Gasteiger charge is 2.27. The first-order chi connectivity index (χ1) is 12.0. The highest BCUT2D eigenvalue weighted by Crippen LogP contribution is 2.24. The molecule has 1 aliphatic heterocycles. The molecule has 132 valence electrons. The van der Waals surface area contributed by atoms with Gasteiger partial charge in [-0.05, 0) is 31.5 Å². The Kier molecular flexibility index (Phi) is 5.25. The van der Waals surface area contributed by atoms with Gasteiger partial charge in [-0.25, -0.2) is 0 Å². The summed E-state index contributed by atoms with van der Waals surface area (Å²) in [6.07, 6.45) is 0. The van der Waals surface area contributed by atoms with Crippen LogP contribution in [0.3, 0.4) is 0 Å². The van der Waals surface area contributed by atoms with Crippen molar-refractivity contribution in [1.29, 1.82) is 0 Å². The second-order valence-electron chi connectivity index (χ2n) is 6.65. The van der Waals surface area contributed by atoms with E-state index in [9.17, 15) is 10.1 Å². The molecule has 0 amide bonds. The minimum atomic E-state index is -0.328. The zero-order valence-corrected chi connectivity index (χ0v) is 15.3. The summed E-state index contributed by atoms with van der Waals surface area (Å²) in [7, 11) is 0. The van der Waals surface area contributed by atoms with Crippen LogP contribution >= 0.6 is 11.6 Å². The summed E-state index contributed by atoms with van der Waals surface area (Å²) in [5, 5.41) is 11.8. The van der Waals surface area contributed by atoms with E-state index in [0.717, 1.165) is 36.8 Å². The number of rotatable bonds is 4. The monoisotopic (exact) mass is 360 g/mol. The Morgan fingerprint density at radius 1 is 1.20 bits per heavy atom. The maximum Gasteiger partial charge on any atom is 0.269 e. The molecule has 0 unspecified atom stereocenters. The second-order valence-corrected chi connectivity index (χ2v) is 7.09. The van der Waals surface area contributed by atoms with E-state index in [1.807, 2.05) is 18.2 Å². The Hall–Kier alpha value is -2.11. The van der Waals surface area contributed by atoms with Crippen molar-refractivity contribution in [3.8, 4) is 0 Å². The third-order valence-electron chi connectivity index (χ3n) is 5.11. The van der Waals surface area contributed by atoms with Gasteiger partial charge < -0.3 is 9.80 Å². The Bertz CT molecular complexity index is 773. The van der Waals surface area contributed by atoms with Crippen LogP contribution in [0.4, 0.5) is 11.4 Å². The van der Waals surface area contributed by atoms with E-state index in [1.165, 1.54) is 16.2 Å². The molecule has 3 rings (SSSR count). The van der Waals surface area contributed by atoms with Crippen molar-refractivity contribution >= 4 is 23.0 Å². The van der Waals surface area contributed by atoms with E-state index in [0.29, 0.717) is 0 Å². The van der Waals surface area contributed by atoms with Crippen molar-refractivity contribution < 1.29 is 9.82 Å². The zero-order valence-electron chi connectivity index (χ0n) is 14.5. The largest absolute Gasteiger partial charge is 0.360 e. The van der Waals surface area contributed by atoms with Gasteiger partial charge in [-0.15, -0.1) is 0 Å². The summed E-state index contributed by atoms with van der Waals surface area (Å²) in [5.41, 5.74) is 3.63. The molecule has 1 saturated heterocycles. The number of anilines is 1. The number of nitrogens with one attached hydrogen (secondary N) is 1. The van der Waals surface area contributed by atoms with Crippen LogP contribution in [-0.4, -0.2) is 31.1 Å². The van der Waals surface area contributed by atoms with Crippen LogP contribution in [0.1, 0.15) is 24.1 Å². The lowest BCUT2D eigenvalue weighted by molar-refractivity contribution is -0.930. The highest BCUT2D eigenvalue weighted by molar-refractivity contribution is 6.30. The van der Waals surface area contributed by atoms with Crippen LogP contribution in [0.15, 0.2) is 42.5 Å². The third kappa shape index (κ3) is 3.94. The number of nitro benzene ring substituents is 1. The molecule has 0 aliphatic carbocycles. The number of hydrogen-bond acceptors (Lipinski definition) is 3. The normalized spacial score (nSPS) is 16.7. The molecule has 1 aliphatic rings. The molecule has 25 heavy (non-hydrogen) atoms. The average molecular weight is 361 g/mol. The van der Waals surface area contributed by atoms with Gasteiger partial charge in [0, 0.05) is 28.4 Å². The molecule has 2 aromatic carbocycles. The topological polar surface area (TPSA) is 50.8 Å². The van der Waals surface area contributed by atoms with Gasteiger partial charge in [-0.2, -0.15) is 0 Å². The molecule has 1 atom stereocenters. The Labute approximate surface area is 153 Å². The highest BCUT2D eigenvalue weighted by atomic mass is 35.5. The number of non-ortho nitro benzene ring substituents is 1. The number of hydrogen-bond donors (Lipinski definition) is 1. The van der Waals surface area contributed by atoms with E-state index in [-0.39, 0.29) is 16.7 Å². The summed E-state index contributed by atoms with van der Waals surface area (Å²) in [6, 6.07) is 13.3. The minimum Gasteiger partial charge on any atom is -0.360 e. The van der Waals surface area contributed by atoms with Gasteiger partial charge in [0.05, 0.1) is 31.1 Å². The molecule has 0 aromatic heterocycles. The van der Waals surface area contributed by atoms with Gasteiger partial charge in [0.1, 0.15) is 6.04 Å². The molecule has 2 aromatic rings. The first-order valence-corrected chi connectivity index (χ1v) is 8.93. The van der Waals surface area contributed by atoms with Crippen LogP contribution in [0.5, 0.6) is 0 Å². The summed E-state index contributed by atoms with van der Waals surface area (Å²) in [5.74, 6) is 0. The predicted octanol–water partition coefficient (Wildman–Crippen LogP) is 3.02. The number of benzene rings is 2. The van der Waals surface area contributed by atoms with Crippen molar-refractivity contribution in [2.75, 3.05) is 31.1 Å². The molecule has 1 heterocycles. The average Bonchev–Trinajstić information content (AvgIpc) is 2.63. The SMILES string of the molecule is Cc1ccc(Cl)cc1N1CC[NH+]([C@@H](C)c2cccc([N+](=O)[O-])c2)CC1. The molecule has 0 bridgehead atoms. The van der Waals surface area contributed by atoms with Crippen molar-refractivity contribution in [2.24, 2.45) is 0 Å². The van der Waals surface area contributed by atoms with Gasteiger partial charge in [0.15, 0.2) is 0 Å². The number of piperazine rings is 1. The van der Waals surface area contributed by atoms with Crippen molar-refractivity contribution in [1.82, 2.24) is 0 Å². The van der Waals surface area contributed by atoms with Gasteiger partial charge in [-0.1, -0.05) is 29.8 Å². The van der Waals surface area contributed by atoms with E-state index >= 15 is 0 Å². The fourth-order valence-corrected chi connectivity index (χ4v) is 3.70. The fraction of sp³-hybridized carbons (Fsp3) is 0.368. The minimum absolute atomic E-state index is 0.164. The molecular formula is C19H23ClN3O2+. The van der Waals surface area contributed by atoms with Crippen molar-refractivity contribution in [2.45, 2.75) is 19.9 Å². The molecule has 1 N–H and O–H groups in total. The second kappa shape index (κ2) is 7.42. The lowest BCUT2D eigenvalue weighted by Gasteiger charge is -2.37. The maximum absolute atomic E-state index is 11.0. The summed E-state index contributed by atoms with van der Waals surface area (Å²) in [6.45, 7) is 8.16. The molecular weight excluding hydrogens is 338 g/mol. The molecule has 5 nitrogen and oxygen atoms in total. The van der Waals surface area contributed by atoms with Gasteiger partial charge in [-0.3, -0.25) is 10.1 Å². The van der Waals surface area contributed by atoms with E-state index in [1.54, 1.807) is 18.2 Å². The predicted molar refractivity (Wildman–Crippen MR) is 101 cm³/mol. The van der Waals surface area contributed by atoms with E-state index in [2.05, 4.69) is 24.8 Å². The van der Waals surface area contributed by atoms with Crippen LogP contribution in [-0.2, 0) is 0 Å².